The minimum Gasteiger partial charge on any atom is -0.266 e. The zero-order valence-electron chi connectivity index (χ0n) is 8.57. The van der Waals surface area contributed by atoms with Crippen molar-refractivity contribution in [3.8, 4) is 0 Å². The molecule has 0 bridgehead atoms. The first-order valence-corrected chi connectivity index (χ1v) is 7.03. The third-order valence-corrected chi connectivity index (χ3v) is 3.84. The number of halogens is 2. The Morgan fingerprint density at radius 1 is 1.38 bits per heavy atom. The van der Waals surface area contributed by atoms with Crippen molar-refractivity contribution in [3.05, 3.63) is 16.5 Å². The number of nitrogens with zero attached hydrogens (tertiary/aromatic N) is 2. The Morgan fingerprint density at radius 2 is 2.06 bits per heavy atom. The van der Waals surface area contributed by atoms with E-state index >= 15 is 0 Å². The molecule has 0 aliphatic carbocycles. The van der Waals surface area contributed by atoms with Gasteiger partial charge in [-0.05, 0) is 6.42 Å². The summed E-state index contributed by atoms with van der Waals surface area (Å²) in [7, 11) is -3.42. The van der Waals surface area contributed by atoms with Crippen LogP contribution in [0.15, 0.2) is 6.33 Å². The smallest absolute Gasteiger partial charge is 0.233 e. The molecule has 0 fully saturated rings. The molecule has 0 amide bonds. The van der Waals surface area contributed by atoms with Gasteiger partial charge in [0.05, 0.1) is 5.75 Å². The van der Waals surface area contributed by atoms with Crippen LogP contribution in [0, 0.1) is 0 Å². The van der Waals surface area contributed by atoms with Gasteiger partial charge in [-0.25, -0.2) is 18.4 Å². The van der Waals surface area contributed by atoms with Gasteiger partial charge >= 0.3 is 0 Å². The highest BCUT2D eigenvalue weighted by atomic mass is 35.5. The predicted octanol–water partition coefficient (Wildman–Crippen LogP) is 2.33. The zero-order chi connectivity index (χ0) is 12.2. The Balaban J connectivity index is 2.84. The van der Waals surface area contributed by atoms with Crippen molar-refractivity contribution in [2.45, 2.75) is 19.8 Å². The van der Waals surface area contributed by atoms with E-state index in [0.29, 0.717) is 6.42 Å². The Kier molecular flexibility index (Phi) is 4.76. The number of unbranched alkanes of at least 4 members (excludes halogenated alkanes) is 1. The van der Waals surface area contributed by atoms with E-state index in [-0.39, 0.29) is 21.7 Å². The molecule has 5 nitrogen and oxygen atoms in total. The minimum absolute atomic E-state index is 0.00393. The fourth-order valence-corrected chi connectivity index (χ4v) is 2.51. The quantitative estimate of drug-likeness (QED) is 0.842. The van der Waals surface area contributed by atoms with E-state index in [9.17, 15) is 8.42 Å². The summed E-state index contributed by atoms with van der Waals surface area (Å²) >= 11 is 11.4. The molecule has 0 unspecified atom stereocenters. The lowest BCUT2D eigenvalue weighted by Crippen LogP contribution is -2.17. The van der Waals surface area contributed by atoms with Crippen LogP contribution < -0.4 is 4.72 Å². The minimum atomic E-state index is -3.42. The second-order valence-electron chi connectivity index (χ2n) is 3.10. The third kappa shape index (κ3) is 3.77. The van der Waals surface area contributed by atoms with Gasteiger partial charge in [0.15, 0.2) is 11.0 Å². The van der Waals surface area contributed by atoms with Crippen LogP contribution in [-0.4, -0.2) is 24.1 Å². The highest BCUT2D eigenvalue weighted by Gasteiger charge is 2.14. The SMILES string of the molecule is CCCCS(=O)(=O)Nc1ncnc(Cl)c1Cl. The molecule has 1 aromatic rings. The molecule has 1 aromatic heterocycles. The Bertz CT molecular complexity index is 464. The van der Waals surface area contributed by atoms with E-state index in [1.165, 1.54) is 0 Å². The van der Waals surface area contributed by atoms with Gasteiger partial charge < -0.3 is 0 Å². The van der Waals surface area contributed by atoms with Crippen molar-refractivity contribution in [1.82, 2.24) is 9.97 Å². The van der Waals surface area contributed by atoms with Gasteiger partial charge in [0.2, 0.25) is 10.0 Å². The van der Waals surface area contributed by atoms with Crippen molar-refractivity contribution in [2.75, 3.05) is 10.5 Å². The largest absolute Gasteiger partial charge is 0.266 e. The molecule has 1 N–H and O–H groups in total. The van der Waals surface area contributed by atoms with Gasteiger partial charge in [-0.2, -0.15) is 0 Å². The van der Waals surface area contributed by atoms with Crippen LogP contribution in [0.25, 0.3) is 0 Å². The van der Waals surface area contributed by atoms with Gasteiger partial charge in [-0.15, -0.1) is 0 Å². The second kappa shape index (κ2) is 5.65. The molecule has 0 atom stereocenters. The molecule has 0 aliphatic heterocycles. The number of hydrogen-bond donors (Lipinski definition) is 1. The number of hydrogen-bond acceptors (Lipinski definition) is 4. The zero-order valence-corrected chi connectivity index (χ0v) is 10.9. The standard InChI is InChI=1S/C8H11Cl2N3O2S/c1-2-3-4-16(14,15)13-8-6(9)7(10)11-5-12-8/h5H,2-4H2,1H3,(H,11,12,13). The summed E-state index contributed by atoms with van der Waals surface area (Å²) in [5, 5.41) is 0.0223. The van der Waals surface area contributed by atoms with E-state index in [1.54, 1.807) is 0 Å². The van der Waals surface area contributed by atoms with Crippen LogP contribution >= 0.6 is 23.2 Å². The van der Waals surface area contributed by atoms with Gasteiger partial charge in [0, 0.05) is 0 Å². The maximum absolute atomic E-state index is 11.5. The summed E-state index contributed by atoms with van der Waals surface area (Å²) in [6.07, 6.45) is 2.51. The molecule has 0 saturated heterocycles. The molecular weight excluding hydrogens is 273 g/mol. The molecule has 0 aromatic carbocycles. The van der Waals surface area contributed by atoms with Gasteiger partial charge in [0.1, 0.15) is 11.3 Å². The van der Waals surface area contributed by atoms with Gasteiger partial charge in [0.25, 0.3) is 0 Å². The van der Waals surface area contributed by atoms with E-state index in [4.69, 9.17) is 23.2 Å². The summed E-state index contributed by atoms with van der Waals surface area (Å²) < 4.78 is 25.4. The number of sulfonamides is 1. The van der Waals surface area contributed by atoms with E-state index in [0.717, 1.165) is 12.7 Å². The maximum Gasteiger partial charge on any atom is 0.233 e. The Hall–Kier alpha value is -0.590. The molecule has 0 aliphatic rings. The van der Waals surface area contributed by atoms with E-state index in [2.05, 4.69) is 14.7 Å². The van der Waals surface area contributed by atoms with Crippen LogP contribution in [0.2, 0.25) is 10.2 Å². The Morgan fingerprint density at radius 3 is 2.69 bits per heavy atom. The fourth-order valence-electron chi connectivity index (χ4n) is 0.952. The van der Waals surface area contributed by atoms with Crippen molar-refractivity contribution in [1.29, 1.82) is 0 Å². The molecule has 1 heterocycles. The molecule has 16 heavy (non-hydrogen) atoms. The molecule has 0 spiro atoms. The summed E-state index contributed by atoms with van der Waals surface area (Å²) in [5.74, 6) is 0.0410. The molecule has 1 rings (SSSR count). The topological polar surface area (TPSA) is 72.0 Å². The maximum atomic E-state index is 11.5. The van der Waals surface area contributed by atoms with E-state index in [1.807, 2.05) is 6.92 Å². The number of anilines is 1. The lowest BCUT2D eigenvalue weighted by Gasteiger charge is -2.07. The normalized spacial score (nSPS) is 11.4. The average Bonchev–Trinajstić information content (AvgIpc) is 2.22. The summed E-state index contributed by atoms with van der Waals surface area (Å²) in [6.45, 7) is 1.91. The lowest BCUT2D eigenvalue weighted by atomic mass is 10.4. The summed E-state index contributed by atoms with van der Waals surface area (Å²) in [5.41, 5.74) is 0. The van der Waals surface area contributed by atoms with Crippen LogP contribution in [0.3, 0.4) is 0 Å². The van der Waals surface area contributed by atoms with Crippen LogP contribution in [0.5, 0.6) is 0 Å². The highest BCUT2D eigenvalue weighted by molar-refractivity contribution is 7.92. The first-order valence-electron chi connectivity index (χ1n) is 4.62. The van der Waals surface area contributed by atoms with Crippen molar-refractivity contribution in [2.24, 2.45) is 0 Å². The first-order chi connectivity index (χ1) is 7.46. The van der Waals surface area contributed by atoms with Crippen molar-refractivity contribution >= 4 is 39.0 Å². The van der Waals surface area contributed by atoms with Crippen molar-refractivity contribution < 1.29 is 8.42 Å². The third-order valence-electron chi connectivity index (χ3n) is 1.77. The number of aromatic nitrogens is 2. The van der Waals surface area contributed by atoms with E-state index < -0.39 is 10.0 Å². The summed E-state index contributed by atoms with van der Waals surface area (Å²) in [6, 6.07) is 0. The molecule has 0 radical (unpaired) electrons. The molecule has 90 valence electrons. The van der Waals surface area contributed by atoms with Crippen molar-refractivity contribution in [3.63, 3.8) is 0 Å². The molecular formula is C8H11Cl2N3O2S. The highest BCUT2D eigenvalue weighted by Crippen LogP contribution is 2.26. The van der Waals surface area contributed by atoms with Crippen LogP contribution in [0.4, 0.5) is 5.82 Å². The first kappa shape index (κ1) is 13.5. The molecule has 0 saturated carbocycles. The average molecular weight is 284 g/mol. The second-order valence-corrected chi connectivity index (χ2v) is 5.68. The lowest BCUT2D eigenvalue weighted by molar-refractivity contribution is 0.597. The van der Waals surface area contributed by atoms with Gasteiger partial charge in [-0.1, -0.05) is 36.5 Å². The van der Waals surface area contributed by atoms with Crippen LogP contribution in [-0.2, 0) is 10.0 Å². The predicted molar refractivity (Wildman–Crippen MR) is 64.4 cm³/mol. The monoisotopic (exact) mass is 283 g/mol. The molecule has 8 heteroatoms. The summed E-state index contributed by atoms with van der Waals surface area (Å²) in [4.78, 5) is 7.33. The number of rotatable bonds is 5. The van der Waals surface area contributed by atoms with Gasteiger partial charge in [-0.3, -0.25) is 4.72 Å². The number of nitrogens with one attached hydrogen (secondary N) is 1. The van der Waals surface area contributed by atoms with Crippen LogP contribution in [0.1, 0.15) is 19.8 Å². The Labute approximate surface area is 104 Å². The fraction of sp³-hybridized carbons (Fsp3) is 0.500.